The van der Waals surface area contributed by atoms with E-state index in [4.69, 9.17) is 46.4 Å². The number of benzene rings is 2. The quantitative estimate of drug-likeness (QED) is 0.437. The molecule has 9 heteroatoms. The smallest absolute Gasteiger partial charge is 0.267 e. The van der Waals surface area contributed by atoms with E-state index in [-0.39, 0.29) is 42.5 Å². The minimum absolute atomic E-state index is 0.0995. The van der Waals surface area contributed by atoms with Gasteiger partial charge in [-0.25, -0.2) is 4.90 Å². The Morgan fingerprint density at radius 1 is 0.792 bits per heavy atom. The van der Waals surface area contributed by atoms with Crippen molar-refractivity contribution in [1.29, 1.82) is 0 Å². The second kappa shape index (κ2) is 5.93. The number of fused-ring (bicyclic) bond motifs is 1. The fraction of sp³-hybridized carbons (Fsp3) is 0. The minimum Gasteiger partial charge on any atom is -0.545 e. The predicted molar refractivity (Wildman–Crippen MR) is 88.4 cm³/mol. The van der Waals surface area contributed by atoms with Crippen LogP contribution in [0.4, 0.5) is 5.69 Å². The van der Waals surface area contributed by atoms with Gasteiger partial charge in [-0.1, -0.05) is 58.5 Å². The van der Waals surface area contributed by atoms with E-state index < -0.39 is 17.8 Å². The first-order valence-corrected chi connectivity index (χ1v) is 7.83. The highest BCUT2D eigenvalue weighted by molar-refractivity contribution is 6.56. The molecule has 0 spiro atoms. The summed E-state index contributed by atoms with van der Waals surface area (Å²) in [7, 11) is 0. The summed E-state index contributed by atoms with van der Waals surface area (Å²) in [6.07, 6.45) is 0. The van der Waals surface area contributed by atoms with Crippen molar-refractivity contribution in [3.63, 3.8) is 0 Å². The molecule has 0 atom stereocenters. The van der Waals surface area contributed by atoms with Crippen molar-refractivity contribution in [3.05, 3.63) is 61.0 Å². The van der Waals surface area contributed by atoms with Crippen LogP contribution in [0.5, 0.6) is 0 Å². The van der Waals surface area contributed by atoms with E-state index in [1.54, 1.807) is 0 Å². The van der Waals surface area contributed by atoms with Gasteiger partial charge in [0, 0.05) is 0 Å². The number of aromatic carboxylic acids is 1. The van der Waals surface area contributed by atoms with Gasteiger partial charge in [0.1, 0.15) is 0 Å². The van der Waals surface area contributed by atoms with E-state index in [9.17, 15) is 19.5 Å². The Kier molecular flexibility index (Phi) is 4.21. The Morgan fingerprint density at radius 3 is 1.58 bits per heavy atom. The number of hydrogen-bond donors (Lipinski definition) is 0. The Hall–Kier alpha value is -1.79. The maximum absolute atomic E-state index is 12.6. The number of amides is 2. The molecule has 0 N–H and O–H groups in total. The molecule has 0 unspecified atom stereocenters. The molecule has 5 nitrogen and oxygen atoms in total. The van der Waals surface area contributed by atoms with Crippen LogP contribution in [0, 0.1) is 0 Å². The van der Waals surface area contributed by atoms with Crippen LogP contribution in [0.25, 0.3) is 0 Å². The number of carboxylic acids is 1. The lowest BCUT2D eigenvalue weighted by molar-refractivity contribution is -0.255. The van der Waals surface area contributed by atoms with Gasteiger partial charge in [0.2, 0.25) is 0 Å². The molecular weight excluding hydrogens is 400 g/mol. The molecule has 122 valence electrons. The second-order valence-corrected chi connectivity index (χ2v) is 6.30. The summed E-state index contributed by atoms with van der Waals surface area (Å²) in [6, 6.07) is 4.99. The van der Waals surface area contributed by atoms with Crippen molar-refractivity contribution >= 4 is 69.9 Å². The maximum atomic E-state index is 12.6. The van der Waals surface area contributed by atoms with Gasteiger partial charge in [-0.05, 0) is 17.7 Å². The largest absolute Gasteiger partial charge is 0.545 e. The average molecular weight is 404 g/mol. The molecule has 0 radical (unpaired) electrons. The molecule has 0 fully saturated rings. The lowest BCUT2D eigenvalue weighted by Gasteiger charge is -2.14. The Morgan fingerprint density at radius 2 is 1.21 bits per heavy atom. The Balaban J connectivity index is 2.16. The van der Waals surface area contributed by atoms with Gasteiger partial charge in [0.25, 0.3) is 11.8 Å². The fourth-order valence-electron chi connectivity index (χ4n) is 2.33. The van der Waals surface area contributed by atoms with E-state index in [1.807, 2.05) is 0 Å². The molecule has 2 amide bonds. The summed E-state index contributed by atoms with van der Waals surface area (Å²) in [4.78, 5) is 36.8. The third kappa shape index (κ3) is 2.36. The van der Waals surface area contributed by atoms with Crippen molar-refractivity contribution in [2.45, 2.75) is 0 Å². The first-order valence-electron chi connectivity index (χ1n) is 6.31. The summed E-state index contributed by atoms with van der Waals surface area (Å²) in [5, 5.41) is 10.2. The normalized spacial score (nSPS) is 13.4. The third-order valence-corrected chi connectivity index (χ3v) is 5.26. The molecule has 0 aliphatic carbocycles. The number of rotatable bonds is 2. The van der Waals surface area contributed by atoms with E-state index in [0.717, 1.165) is 4.90 Å². The highest BCUT2D eigenvalue weighted by atomic mass is 35.5. The molecule has 1 aliphatic rings. The molecule has 3 rings (SSSR count). The van der Waals surface area contributed by atoms with Gasteiger partial charge in [-0.15, -0.1) is 0 Å². The van der Waals surface area contributed by atoms with Crippen LogP contribution < -0.4 is 10.0 Å². The van der Waals surface area contributed by atoms with Gasteiger partial charge in [0.15, 0.2) is 0 Å². The maximum Gasteiger partial charge on any atom is 0.267 e. The molecule has 0 saturated heterocycles. The van der Waals surface area contributed by atoms with Crippen molar-refractivity contribution in [2.75, 3.05) is 4.90 Å². The van der Waals surface area contributed by atoms with Gasteiger partial charge in [-0.2, -0.15) is 0 Å². The minimum atomic E-state index is -1.38. The number of carboxylic acid groups (broad SMARTS) is 1. The van der Waals surface area contributed by atoms with Crippen molar-refractivity contribution in [2.24, 2.45) is 0 Å². The number of carbonyl (C=O) groups excluding carboxylic acids is 3. The summed E-state index contributed by atoms with van der Waals surface area (Å²) in [5.74, 6) is -2.85. The molecular formula is C15H4Cl4NO4-. The number of carbonyl (C=O) groups is 3. The number of anilines is 1. The Labute approximate surface area is 155 Å². The first-order chi connectivity index (χ1) is 11.3. The number of halogens is 4. The van der Waals surface area contributed by atoms with E-state index in [1.165, 1.54) is 24.3 Å². The molecule has 0 aromatic heterocycles. The average Bonchev–Trinajstić information content (AvgIpc) is 2.82. The zero-order chi connectivity index (χ0) is 17.8. The number of nitrogens with zero attached hydrogens (tertiary/aromatic N) is 1. The van der Waals surface area contributed by atoms with E-state index >= 15 is 0 Å². The first kappa shape index (κ1) is 17.0. The zero-order valence-corrected chi connectivity index (χ0v) is 14.4. The zero-order valence-electron chi connectivity index (χ0n) is 11.4. The van der Waals surface area contributed by atoms with Crippen molar-refractivity contribution in [1.82, 2.24) is 0 Å². The van der Waals surface area contributed by atoms with Gasteiger partial charge < -0.3 is 9.90 Å². The van der Waals surface area contributed by atoms with Crippen LogP contribution >= 0.6 is 46.4 Å². The second-order valence-electron chi connectivity index (χ2n) is 4.79. The van der Waals surface area contributed by atoms with Crippen LogP contribution in [0.15, 0.2) is 24.3 Å². The highest BCUT2D eigenvalue weighted by Gasteiger charge is 2.42. The van der Waals surface area contributed by atoms with Crippen LogP contribution in [-0.4, -0.2) is 17.8 Å². The topological polar surface area (TPSA) is 77.5 Å². The standard InChI is InChI=1S/C15H5Cl4NO4/c16-9-7-8(10(17)12(19)11(9)18)14(22)20(13(7)21)6-3-1-5(2-4-6)15(23)24/h1-4H,(H,23,24)/p-1. The highest BCUT2D eigenvalue weighted by Crippen LogP contribution is 2.45. The molecule has 0 bridgehead atoms. The van der Waals surface area contributed by atoms with Gasteiger partial charge in [-0.3, -0.25) is 9.59 Å². The summed E-state index contributed by atoms with van der Waals surface area (Å²) in [5.41, 5.74) is -0.252. The van der Waals surface area contributed by atoms with E-state index in [0.29, 0.717) is 0 Å². The number of imide groups is 1. The summed E-state index contributed by atoms with van der Waals surface area (Å²) >= 11 is 23.9. The van der Waals surface area contributed by atoms with Crippen LogP contribution in [0.2, 0.25) is 20.1 Å². The molecule has 1 heterocycles. The lowest BCUT2D eigenvalue weighted by atomic mass is 10.1. The Bertz CT molecular complexity index is 877. The molecule has 1 aliphatic heterocycles. The van der Waals surface area contributed by atoms with Crippen LogP contribution in [0.3, 0.4) is 0 Å². The molecule has 0 saturated carbocycles. The number of hydrogen-bond acceptors (Lipinski definition) is 4. The van der Waals surface area contributed by atoms with Gasteiger partial charge >= 0.3 is 0 Å². The third-order valence-electron chi connectivity index (χ3n) is 3.46. The van der Waals surface area contributed by atoms with Crippen molar-refractivity contribution < 1.29 is 19.5 Å². The van der Waals surface area contributed by atoms with Crippen molar-refractivity contribution in [3.8, 4) is 0 Å². The van der Waals surface area contributed by atoms with Crippen LogP contribution in [-0.2, 0) is 0 Å². The molecule has 24 heavy (non-hydrogen) atoms. The van der Waals surface area contributed by atoms with Gasteiger partial charge in [0.05, 0.1) is 42.9 Å². The summed E-state index contributed by atoms with van der Waals surface area (Å²) < 4.78 is 0. The molecule has 2 aromatic carbocycles. The lowest BCUT2D eigenvalue weighted by Crippen LogP contribution is -2.29. The molecule has 2 aromatic rings. The predicted octanol–water partition coefficient (Wildman–Crippen LogP) is 3.46. The monoisotopic (exact) mass is 402 g/mol. The summed E-state index contributed by atoms with van der Waals surface area (Å²) in [6.45, 7) is 0. The van der Waals surface area contributed by atoms with E-state index in [2.05, 4.69) is 0 Å². The fourth-order valence-corrected chi connectivity index (χ4v) is 3.34. The van der Waals surface area contributed by atoms with Crippen LogP contribution in [0.1, 0.15) is 31.1 Å². The SMILES string of the molecule is O=C([O-])c1ccc(N2C(=O)c3c(Cl)c(Cl)c(Cl)c(Cl)c3C2=O)cc1.